The van der Waals surface area contributed by atoms with Crippen molar-refractivity contribution in [3.8, 4) is 0 Å². The molecule has 22 heavy (non-hydrogen) atoms. The maximum Gasteiger partial charge on any atom is 0.156 e. The van der Waals surface area contributed by atoms with Crippen LogP contribution in [-0.4, -0.2) is 17.0 Å². The van der Waals surface area contributed by atoms with Crippen molar-refractivity contribution in [1.82, 2.24) is 0 Å². The fraction of sp³-hybridized carbons (Fsp3) is 0.750. The third kappa shape index (κ3) is 1.99. The smallest absolute Gasteiger partial charge is 0.156 e. The molecule has 0 aromatic heterocycles. The molecule has 0 amide bonds. The molecule has 0 bridgehead atoms. The lowest BCUT2D eigenvalue weighted by Gasteiger charge is -2.49. The molecular weight excluding hydrogens is 272 g/mol. The van der Waals surface area contributed by atoms with Gasteiger partial charge in [-0.3, -0.25) is 4.79 Å². The third-order valence-electron chi connectivity index (χ3n) is 7.39. The number of aliphatic hydroxyl groups is 1. The second kappa shape index (κ2) is 5.06. The Balaban J connectivity index is 1.70. The van der Waals surface area contributed by atoms with E-state index in [1.807, 2.05) is 13.0 Å². The number of carbonyl (C=O) groups is 1. The molecule has 0 spiro atoms. The molecule has 0 aromatic rings. The highest BCUT2D eigenvalue weighted by molar-refractivity contribution is 5.93. The number of hydrogen-bond acceptors (Lipinski definition) is 2. The highest BCUT2D eigenvalue weighted by Gasteiger charge is 2.54. The predicted molar refractivity (Wildman–Crippen MR) is 87.3 cm³/mol. The average Bonchev–Trinajstić information content (AvgIpc) is 2.84. The van der Waals surface area contributed by atoms with E-state index in [0.717, 1.165) is 24.7 Å². The van der Waals surface area contributed by atoms with Gasteiger partial charge in [0.05, 0.1) is 6.10 Å². The molecule has 0 unspecified atom stereocenters. The molecule has 0 aromatic carbocycles. The first-order valence-electron chi connectivity index (χ1n) is 9.14. The molecule has 4 aliphatic rings. The Labute approximate surface area is 133 Å². The van der Waals surface area contributed by atoms with Gasteiger partial charge in [-0.25, -0.2) is 0 Å². The van der Waals surface area contributed by atoms with Gasteiger partial charge in [0.25, 0.3) is 0 Å². The zero-order valence-corrected chi connectivity index (χ0v) is 13.9. The van der Waals surface area contributed by atoms with Crippen LogP contribution in [0.2, 0.25) is 0 Å². The van der Waals surface area contributed by atoms with E-state index < -0.39 is 0 Å². The van der Waals surface area contributed by atoms with E-state index >= 15 is 0 Å². The summed E-state index contributed by atoms with van der Waals surface area (Å²) in [5.41, 5.74) is 4.93. The van der Waals surface area contributed by atoms with Crippen LogP contribution in [0.4, 0.5) is 0 Å². The van der Waals surface area contributed by atoms with Crippen molar-refractivity contribution in [2.24, 2.45) is 23.2 Å². The van der Waals surface area contributed by atoms with E-state index in [9.17, 15) is 9.90 Å². The van der Waals surface area contributed by atoms with Gasteiger partial charge >= 0.3 is 0 Å². The Hall–Kier alpha value is -0.890. The highest BCUT2D eigenvalue weighted by atomic mass is 16.3. The first-order chi connectivity index (χ1) is 10.5. The van der Waals surface area contributed by atoms with Crippen LogP contribution >= 0.6 is 0 Å². The molecule has 2 saturated carbocycles. The Bertz CT molecular complexity index is 568. The van der Waals surface area contributed by atoms with Crippen LogP contribution in [-0.2, 0) is 4.79 Å². The molecule has 5 atom stereocenters. The van der Waals surface area contributed by atoms with Crippen LogP contribution < -0.4 is 0 Å². The standard InChI is InChI=1S/C20H28O2/c1-12(21)18-7-8-19-17-5-3-13-11-14(22)4-6-15(13)16(17)9-10-20(18,19)2/h11-12,17-19,21H,3-10H2,1-2H3/t12-,17+,18+,19+,20+/m0/s1. The quantitative estimate of drug-likeness (QED) is 0.788. The number of ketones is 1. The van der Waals surface area contributed by atoms with Crippen molar-refractivity contribution in [2.45, 2.75) is 71.3 Å². The van der Waals surface area contributed by atoms with Crippen LogP contribution in [0.5, 0.6) is 0 Å². The first-order valence-corrected chi connectivity index (χ1v) is 9.14. The van der Waals surface area contributed by atoms with Crippen LogP contribution in [0.15, 0.2) is 22.8 Å². The van der Waals surface area contributed by atoms with E-state index in [4.69, 9.17) is 0 Å². The summed E-state index contributed by atoms with van der Waals surface area (Å²) in [5.74, 6) is 2.28. The Morgan fingerprint density at radius 2 is 2.00 bits per heavy atom. The van der Waals surface area contributed by atoms with Gasteiger partial charge in [-0.05, 0) is 92.3 Å². The molecule has 4 rings (SSSR count). The minimum Gasteiger partial charge on any atom is -0.393 e. The van der Waals surface area contributed by atoms with Gasteiger partial charge in [-0.1, -0.05) is 12.5 Å². The summed E-state index contributed by atoms with van der Waals surface area (Å²) >= 11 is 0. The van der Waals surface area contributed by atoms with E-state index in [1.54, 1.807) is 11.1 Å². The van der Waals surface area contributed by atoms with Gasteiger partial charge in [-0.2, -0.15) is 0 Å². The molecule has 120 valence electrons. The maximum atomic E-state index is 11.7. The van der Waals surface area contributed by atoms with Crippen LogP contribution in [0.1, 0.15) is 65.2 Å². The molecule has 4 aliphatic carbocycles. The predicted octanol–water partition coefficient (Wildman–Crippen LogP) is 4.19. The van der Waals surface area contributed by atoms with Crippen molar-refractivity contribution in [3.63, 3.8) is 0 Å². The minimum absolute atomic E-state index is 0.171. The number of aliphatic hydroxyl groups excluding tert-OH is 1. The molecule has 0 heterocycles. The monoisotopic (exact) mass is 300 g/mol. The average molecular weight is 300 g/mol. The number of carbonyl (C=O) groups excluding carboxylic acids is 1. The SMILES string of the molecule is C[C@H](O)[C@H]1CC[C@@H]2[C@@H]3CCC4=CC(=O)CCC4=C3CC[C@]12C. The molecule has 1 N–H and O–H groups in total. The molecule has 2 nitrogen and oxygen atoms in total. The van der Waals surface area contributed by atoms with Gasteiger partial charge < -0.3 is 5.11 Å². The van der Waals surface area contributed by atoms with E-state index in [-0.39, 0.29) is 6.10 Å². The van der Waals surface area contributed by atoms with Crippen molar-refractivity contribution >= 4 is 5.78 Å². The Morgan fingerprint density at radius 1 is 1.18 bits per heavy atom. The molecule has 2 fully saturated rings. The maximum absolute atomic E-state index is 11.7. The molecule has 0 saturated heterocycles. The third-order valence-corrected chi connectivity index (χ3v) is 7.39. The fourth-order valence-electron chi connectivity index (χ4n) is 6.36. The molecule has 0 aliphatic heterocycles. The summed E-state index contributed by atoms with van der Waals surface area (Å²) in [6.07, 6.45) is 10.7. The summed E-state index contributed by atoms with van der Waals surface area (Å²) in [7, 11) is 0. The Kier molecular flexibility index (Phi) is 3.38. The van der Waals surface area contributed by atoms with Crippen LogP contribution in [0.3, 0.4) is 0 Å². The molecular formula is C20H28O2. The number of allylic oxidation sites excluding steroid dienone is 4. The summed E-state index contributed by atoms with van der Waals surface area (Å²) in [6, 6.07) is 0. The van der Waals surface area contributed by atoms with Gasteiger partial charge in [-0.15, -0.1) is 0 Å². The van der Waals surface area contributed by atoms with Crippen molar-refractivity contribution < 1.29 is 9.90 Å². The zero-order valence-electron chi connectivity index (χ0n) is 13.9. The van der Waals surface area contributed by atoms with Gasteiger partial charge in [0, 0.05) is 6.42 Å². The highest BCUT2D eigenvalue weighted by Crippen LogP contribution is 2.62. The van der Waals surface area contributed by atoms with Gasteiger partial charge in [0.2, 0.25) is 0 Å². The fourth-order valence-corrected chi connectivity index (χ4v) is 6.36. The van der Waals surface area contributed by atoms with Gasteiger partial charge in [0.1, 0.15) is 0 Å². The van der Waals surface area contributed by atoms with Crippen LogP contribution in [0, 0.1) is 23.2 Å². The van der Waals surface area contributed by atoms with Crippen LogP contribution in [0.25, 0.3) is 0 Å². The molecule has 2 heteroatoms. The van der Waals surface area contributed by atoms with E-state index in [1.165, 1.54) is 37.7 Å². The Morgan fingerprint density at radius 3 is 2.77 bits per heavy atom. The molecule has 0 radical (unpaired) electrons. The minimum atomic E-state index is -0.171. The zero-order chi connectivity index (χ0) is 15.5. The normalized spacial score (nSPS) is 42.4. The number of fused-ring (bicyclic) bond motifs is 4. The second-order valence-corrected chi connectivity index (χ2v) is 8.32. The number of hydrogen-bond donors (Lipinski definition) is 1. The summed E-state index contributed by atoms with van der Waals surface area (Å²) in [5, 5.41) is 10.2. The van der Waals surface area contributed by atoms with Crippen molar-refractivity contribution in [3.05, 3.63) is 22.8 Å². The largest absolute Gasteiger partial charge is 0.393 e. The summed E-state index contributed by atoms with van der Waals surface area (Å²) in [4.78, 5) is 11.7. The van der Waals surface area contributed by atoms with Crippen molar-refractivity contribution in [2.75, 3.05) is 0 Å². The summed E-state index contributed by atoms with van der Waals surface area (Å²) in [6.45, 7) is 4.43. The topological polar surface area (TPSA) is 37.3 Å². The lowest BCUT2D eigenvalue weighted by Crippen LogP contribution is -2.42. The van der Waals surface area contributed by atoms with Gasteiger partial charge in [0.15, 0.2) is 5.78 Å². The van der Waals surface area contributed by atoms with Crippen molar-refractivity contribution in [1.29, 1.82) is 0 Å². The first kappa shape index (κ1) is 14.7. The number of rotatable bonds is 1. The lowest BCUT2D eigenvalue weighted by atomic mass is 9.55. The lowest BCUT2D eigenvalue weighted by molar-refractivity contribution is -0.114. The second-order valence-electron chi connectivity index (χ2n) is 8.32. The van der Waals surface area contributed by atoms with E-state index in [0.29, 0.717) is 23.5 Å². The van der Waals surface area contributed by atoms with E-state index in [2.05, 4.69) is 6.92 Å². The summed E-state index contributed by atoms with van der Waals surface area (Å²) < 4.78 is 0.